The maximum Gasteiger partial charge on any atom is 0.312 e. The normalized spacial score (nSPS) is 21.6. The van der Waals surface area contributed by atoms with Crippen LogP contribution < -0.4 is 5.32 Å². The van der Waals surface area contributed by atoms with Crippen molar-refractivity contribution in [3.8, 4) is 0 Å². The molecule has 1 saturated heterocycles. The number of carbonyl (C=O) groups is 1. The van der Waals surface area contributed by atoms with Crippen LogP contribution in [0.3, 0.4) is 0 Å². The fourth-order valence-corrected chi connectivity index (χ4v) is 4.88. The molecule has 0 saturated carbocycles. The number of halogens is 1. The number of aliphatic hydroxyl groups is 2. The van der Waals surface area contributed by atoms with Crippen molar-refractivity contribution >= 4 is 22.9 Å². The van der Waals surface area contributed by atoms with Gasteiger partial charge in [0.2, 0.25) is 5.91 Å². The molecule has 3 atom stereocenters. The first-order chi connectivity index (χ1) is 17.9. The van der Waals surface area contributed by atoms with Crippen molar-refractivity contribution in [2.75, 3.05) is 11.9 Å². The van der Waals surface area contributed by atoms with E-state index in [-0.39, 0.29) is 35.9 Å². The van der Waals surface area contributed by atoms with Crippen molar-refractivity contribution < 1.29 is 24.1 Å². The summed E-state index contributed by atoms with van der Waals surface area (Å²) in [6.07, 6.45) is 15.4. The summed E-state index contributed by atoms with van der Waals surface area (Å²) in [6, 6.07) is 0. The highest BCUT2D eigenvalue weighted by Gasteiger charge is 2.45. The molecule has 9 nitrogen and oxygen atoms in total. The number of anilines is 1. The molecule has 0 aliphatic carbocycles. The monoisotopic (exact) mass is 521 g/mol. The maximum absolute atomic E-state index is 14.2. The molecule has 2 aromatic rings. The summed E-state index contributed by atoms with van der Waals surface area (Å²) in [5, 5.41) is 22.5. The van der Waals surface area contributed by atoms with Gasteiger partial charge in [-0.15, -0.1) is 0 Å². The Bertz CT molecular complexity index is 987. The molecule has 3 heterocycles. The molecular formula is C27H44FN5O4. The zero-order chi connectivity index (χ0) is 26.7. The topological polar surface area (TPSA) is 122 Å². The maximum atomic E-state index is 14.2. The molecule has 10 heteroatoms. The van der Waals surface area contributed by atoms with E-state index in [0.29, 0.717) is 6.42 Å². The molecule has 3 N–H and O–H groups in total. The number of carbonyl (C=O) groups excluding carboxylic acids is 1. The molecule has 37 heavy (non-hydrogen) atoms. The quantitative estimate of drug-likeness (QED) is 0.188. The number of unbranched alkanes of at least 4 members (excludes halogenated alkanes) is 12. The number of rotatable bonds is 17. The second-order valence-electron chi connectivity index (χ2n) is 10.5. The molecule has 0 radical (unpaired) electrons. The Hall–Kier alpha value is -2.17. The predicted molar refractivity (Wildman–Crippen MR) is 140 cm³/mol. The smallest absolute Gasteiger partial charge is 0.312 e. The predicted octanol–water partition coefficient (Wildman–Crippen LogP) is 5.42. The van der Waals surface area contributed by atoms with Crippen molar-refractivity contribution in [2.45, 2.75) is 128 Å². The van der Waals surface area contributed by atoms with E-state index < -0.39 is 24.0 Å². The van der Waals surface area contributed by atoms with Crippen LogP contribution in [0.25, 0.3) is 11.2 Å². The summed E-state index contributed by atoms with van der Waals surface area (Å²) in [7, 11) is 0. The number of ether oxygens (including phenoxy) is 1. The van der Waals surface area contributed by atoms with Crippen LogP contribution in [0.2, 0.25) is 0 Å². The molecule has 0 aromatic carbocycles. The van der Waals surface area contributed by atoms with E-state index in [9.17, 15) is 19.4 Å². The van der Waals surface area contributed by atoms with Crippen LogP contribution in [-0.2, 0) is 9.53 Å². The number of nitrogens with one attached hydrogen (secondary N) is 1. The van der Waals surface area contributed by atoms with E-state index in [1.54, 1.807) is 6.92 Å². The zero-order valence-corrected chi connectivity index (χ0v) is 22.4. The van der Waals surface area contributed by atoms with Crippen LogP contribution in [0.4, 0.5) is 10.2 Å². The highest BCUT2D eigenvalue weighted by Crippen LogP contribution is 2.37. The second-order valence-corrected chi connectivity index (χ2v) is 10.5. The molecule has 1 aliphatic rings. The van der Waals surface area contributed by atoms with Gasteiger partial charge in [0.25, 0.3) is 0 Å². The summed E-state index contributed by atoms with van der Waals surface area (Å²) in [5.74, 6) is -0.221. The first-order valence-corrected chi connectivity index (χ1v) is 14.0. The fourth-order valence-electron chi connectivity index (χ4n) is 4.88. The molecule has 1 aliphatic heterocycles. The van der Waals surface area contributed by atoms with Crippen molar-refractivity contribution in [3.63, 3.8) is 0 Å². The third-order valence-corrected chi connectivity index (χ3v) is 7.32. The third kappa shape index (κ3) is 8.41. The van der Waals surface area contributed by atoms with Gasteiger partial charge >= 0.3 is 6.08 Å². The van der Waals surface area contributed by atoms with E-state index in [1.807, 2.05) is 0 Å². The highest BCUT2D eigenvalue weighted by molar-refractivity contribution is 5.96. The average Bonchev–Trinajstić information content (AvgIpc) is 3.42. The van der Waals surface area contributed by atoms with Gasteiger partial charge in [0.1, 0.15) is 11.8 Å². The zero-order valence-electron chi connectivity index (χ0n) is 22.4. The summed E-state index contributed by atoms with van der Waals surface area (Å²) in [6.45, 7) is 3.49. The van der Waals surface area contributed by atoms with Gasteiger partial charge < -0.3 is 20.3 Å². The van der Waals surface area contributed by atoms with Crippen molar-refractivity contribution in [1.29, 1.82) is 0 Å². The van der Waals surface area contributed by atoms with Gasteiger partial charge in [-0.05, 0) is 13.3 Å². The van der Waals surface area contributed by atoms with Crippen molar-refractivity contribution in [2.24, 2.45) is 0 Å². The first-order valence-electron chi connectivity index (χ1n) is 14.0. The Morgan fingerprint density at radius 3 is 2.24 bits per heavy atom. The summed E-state index contributed by atoms with van der Waals surface area (Å²) in [5.41, 5.74) is -0.725. The highest BCUT2D eigenvalue weighted by atomic mass is 19.1. The lowest BCUT2D eigenvalue weighted by molar-refractivity contribution is -0.116. The molecular weight excluding hydrogens is 477 g/mol. The molecule has 3 rings (SSSR count). The molecule has 0 unspecified atom stereocenters. The Morgan fingerprint density at radius 1 is 1.08 bits per heavy atom. The van der Waals surface area contributed by atoms with Gasteiger partial charge in [-0.3, -0.25) is 9.36 Å². The van der Waals surface area contributed by atoms with E-state index in [1.165, 1.54) is 75.1 Å². The molecule has 0 bridgehead atoms. The molecule has 208 valence electrons. The molecule has 2 aromatic heterocycles. The number of imidazole rings is 1. The van der Waals surface area contributed by atoms with Crippen LogP contribution in [0.5, 0.6) is 0 Å². The Morgan fingerprint density at radius 2 is 1.68 bits per heavy atom. The number of nitrogens with zero attached hydrogens (tertiary/aromatic N) is 4. The number of hydrogen-bond donors (Lipinski definition) is 3. The number of aromatic nitrogens is 4. The number of amides is 1. The van der Waals surface area contributed by atoms with Crippen LogP contribution in [-0.4, -0.2) is 54.0 Å². The SMILES string of the molecule is CCCCCCCCCCCCCCCC(=O)Nc1nc(F)nc2c1ncn2[C@H]1C[C@H](O)[C@@](C)(CO)O1. The van der Waals surface area contributed by atoms with Gasteiger partial charge in [-0.25, -0.2) is 4.98 Å². The van der Waals surface area contributed by atoms with E-state index in [0.717, 1.165) is 19.3 Å². The number of hydrogen-bond acceptors (Lipinski definition) is 7. The average molecular weight is 522 g/mol. The Labute approximate surface area is 219 Å². The lowest BCUT2D eigenvalue weighted by atomic mass is 10.0. The number of aliphatic hydroxyl groups excluding tert-OH is 2. The molecule has 1 amide bonds. The van der Waals surface area contributed by atoms with E-state index in [2.05, 4.69) is 27.2 Å². The van der Waals surface area contributed by atoms with E-state index in [4.69, 9.17) is 4.74 Å². The molecule has 1 fully saturated rings. The standard InChI is InChI=1S/C27H44FN5O4/c1-3-4-5-6-7-8-9-10-11-12-13-14-15-16-21(36)30-24-23-25(32-26(28)31-24)33(19-29-23)22-17-20(35)27(2,18-34)37-22/h19-20,22,34-35H,3-18H2,1-2H3,(H,30,31,32,36)/t20-,22+,27+/m0/s1. The van der Waals surface area contributed by atoms with Crippen LogP contribution in [0.1, 0.15) is 116 Å². The van der Waals surface area contributed by atoms with Crippen LogP contribution in [0.15, 0.2) is 6.33 Å². The number of fused-ring (bicyclic) bond motifs is 1. The third-order valence-electron chi connectivity index (χ3n) is 7.32. The minimum atomic E-state index is -1.13. The van der Waals surface area contributed by atoms with Gasteiger partial charge in [-0.1, -0.05) is 84.0 Å². The van der Waals surface area contributed by atoms with E-state index >= 15 is 0 Å². The summed E-state index contributed by atoms with van der Waals surface area (Å²) >= 11 is 0. The van der Waals surface area contributed by atoms with Gasteiger partial charge in [-0.2, -0.15) is 14.4 Å². The van der Waals surface area contributed by atoms with Gasteiger partial charge in [0.15, 0.2) is 17.0 Å². The van der Waals surface area contributed by atoms with Crippen molar-refractivity contribution in [1.82, 2.24) is 19.5 Å². The van der Waals surface area contributed by atoms with Crippen LogP contribution in [0, 0.1) is 6.08 Å². The summed E-state index contributed by atoms with van der Waals surface area (Å²) < 4.78 is 21.5. The largest absolute Gasteiger partial charge is 0.393 e. The molecule has 0 spiro atoms. The fraction of sp³-hybridized carbons (Fsp3) is 0.778. The van der Waals surface area contributed by atoms with Crippen LogP contribution >= 0.6 is 0 Å². The van der Waals surface area contributed by atoms with Gasteiger partial charge in [0, 0.05) is 12.8 Å². The second kappa shape index (κ2) is 14.7. The van der Waals surface area contributed by atoms with Crippen molar-refractivity contribution in [3.05, 3.63) is 12.4 Å². The first kappa shape index (κ1) is 29.4. The Kier molecular flexibility index (Phi) is 11.7. The summed E-state index contributed by atoms with van der Waals surface area (Å²) in [4.78, 5) is 24.3. The minimum absolute atomic E-state index is 0.0180. The minimum Gasteiger partial charge on any atom is -0.393 e. The van der Waals surface area contributed by atoms with Gasteiger partial charge in [0.05, 0.1) is 19.0 Å². The lowest BCUT2D eigenvalue weighted by Crippen LogP contribution is -2.39. The lowest BCUT2D eigenvalue weighted by Gasteiger charge is -2.24. The Balaban J connectivity index is 1.39.